The van der Waals surface area contributed by atoms with Gasteiger partial charge in [-0.25, -0.2) is 0 Å². The Morgan fingerprint density at radius 1 is 1.24 bits per heavy atom. The van der Waals surface area contributed by atoms with Crippen molar-refractivity contribution in [3.63, 3.8) is 0 Å². The van der Waals surface area contributed by atoms with Gasteiger partial charge in [-0.05, 0) is 26.3 Å². The van der Waals surface area contributed by atoms with Crippen LogP contribution in [0.1, 0.15) is 41.6 Å². The minimum absolute atomic E-state index is 0. The molecule has 0 N–H and O–H groups in total. The molecule has 0 spiro atoms. The fourth-order valence-electron chi connectivity index (χ4n) is 3.21. The molecule has 0 amide bonds. The molecule has 2 nitrogen and oxygen atoms in total. The van der Waals surface area contributed by atoms with Crippen molar-refractivity contribution in [1.82, 2.24) is 4.90 Å². The van der Waals surface area contributed by atoms with Gasteiger partial charge in [0.2, 0.25) is 0 Å². The summed E-state index contributed by atoms with van der Waals surface area (Å²) in [7, 11) is 2.15. The molecular formula is C22H25NOY-2. The van der Waals surface area contributed by atoms with Crippen LogP contribution in [0.3, 0.4) is 0 Å². The Bertz CT molecular complexity index is 698. The first kappa shape index (κ1) is 20.4. The van der Waals surface area contributed by atoms with Gasteiger partial charge in [0, 0.05) is 32.7 Å². The van der Waals surface area contributed by atoms with Crippen molar-refractivity contribution < 1.29 is 37.4 Å². The van der Waals surface area contributed by atoms with Crippen LogP contribution in [0.25, 0.3) is 0 Å². The first-order valence-corrected chi connectivity index (χ1v) is 8.64. The molecule has 1 aliphatic heterocycles. The van der Waals surface area contributed by atoms with Crippen molar-refractivity contribution in [2.75, 3.05) is 13.6 Å². The van der Waals surface area contributed by atoms with Crippen LogP contribution >= 0.6 is 0 Å². The zero-order chi connectivity index (χ0) is 16.9. The number of ether oxygens (including phenoxy) is 1. The maximum absolute atomic E-state index is 6.01. The SMILES string of the molecule is CCc1ccc(C)c([C-]=CO[C-]2CCN(C)[C@H]2c2ccccc2)c1.[Y]. The second-order valence-corrected chi connectivity index (χ2v) is 6.39. The van der Waals surface area contributed by atoms with Crippen LogP contribution in [0.5, 0.6) is 0 Å². The molecule has 0 unspecified atom stereocenters. The van der Waals surface area contributed by atoms with Gasteiger partial charge in [-0.2, -0.15) is 17.2 Å². The van der Waals surface area contributed by atoms with Gasteiger partial charge in [-0.15, -0.1) is 30.2 Å². The smallest absolute Gasteiger partial charge is 0 e. The van der Waals surface area contributed by atoms with Crippen LogP contribution in [0.15, 0.2) is 54.8 Å². The Morgan fingerprint density at radius 2 is 2.00 bits per heavy atom. The van der Waals surface area contributed by atoms with Crippen LogP contribution in [0.2, 0.25) is 0 Å². The molecule has 1 aliphatic rings. The van der Waals surface area contributed by atoms with Gasteiger partial charge in [-0.1, -0.05) is 61.9 Å². The molecule has 1 atom stereocenters. The van der Waals surface area contributed by atoms with E-state index in [4.69, 9.17) is 4.74 Å². The normalized spacial score (nSPS) is 18.4. The van der Waals surface area contributed by atoms with Gasteiger partial charge >= 0.3 is 0 Å². The molecule has 3 rings (SSSR count). The minimum atomic E-state index is 0. The largest absolute Gasteiger partial charge is 0.671 e. The van der Waals surface area contributed by atoms with Crippen molar-refractivity contribution >= 4 is 0 Å². The number of hydrogen-bond acceptors (Lipinski definition) is 2. The fraction of sp³-hybridized carbons (Fsp3) is 0.318. The zero-order valence-corrected chi connectivity index (χ0v) is 18.2. The van der Waals surface area contributed by atoms with E-state index in [2.05, 4.69) is 80.4 Å². The third-order valence-electron chi connectivity index (χ3n) is 4.71. The van der Waals surface area contributed by atoms with Gasteiger partial charge in [0.05, 0.1) is 0 Å². The van der Waals surface area contributed by atoms with E-state index in [0.29, 0.717) is 0 Å². The summed E-state index contributed by atoms with van der Waals surface area (Å²) < 4.78 is 6.01. The monoisotopic (exact) mass is 408 g/mol. The Morgan fingerprint density at radius 3 is 2.72 bits per heavy atom. The summed E-state index contributed by atoms with van der Waals surface area (Å²) in [5.41, 5.74) is 4.94. The topological polar surface area (TPSA) is 12.5 Å². The number of aryl methyl sites for hydroxylation is 2. The van der Waals surface area contributed by atoms with Crippen molar-refractivity contribution in [2.24, 2.45) is 0 Å². The summed E-state index contributed by atoms with van der Waals surface area (Å²) in [6, 6.07) is 17.3. The maximum Gasteiger partial charge on any atom is 0 e. The number of rotatable bonds is 5. The van der Waals surface area contributed by atoms with Gasteiger partial charge in [-0.3, -0.25) is 0 Å². The van der Waals surface area contributed by atoms with Gasteiger partial charge in [0.25, 0.3) is 0 Å². The van der Waals surface area contributed by atoms with E-state index < -0.39 is 0 Å². The van der Waals surface area contributed by atoms with Crippen molar-refractivity contribution in [2.45, 2.75) is 32.7 Å². The van der Waals surface area contributed by atoms with Crippen LogP contribution < -0.4 is 0 Å². The second-order valence-electron chi connectivity index (χ2n) is 6.39. The molecule has 0 aliphatic carbocycles. The van der Waals surface area contributed by atoms with Gasteiger partial charge in [0.15, 0.2) is 0 Å². The Hall–Kier alpha value is -0.956. The Kier molecular flexibility index (Phi) is 7.87. The molecule has 25 heavy (non-hydrogen) atoms. The summed E-state index contributed by atoms with van der Waals surface area (Å²) in [6.07, 6.45) is 8.14. The van der Waals surface area contributed by atoms with Gasteiger partial charge in [0.1, 0.15) is 0 Å². The quantitative estimate of drug-likeness (QED) is 0.518. The Balaban J connectivity index is 0.00000225. The summed E-state index contributed by atoms with van der Waals surface area (Å²) in [5, 5.41) is 0. The maximum atomic E-state index is 6.01. The van der Waals surface area contributed by atoms with Gasteiger partial charge < -0.3 is 9.64 Å². The number of hydrogen-bond donors (Lipinski definition) is 0. The van der Waals surface area contributed by atoms with E-state index in [1.807, 2.05) is 0 Å². The van der Waals surface area contributed by atoms with Crippen molar-refractivity contribution in [1.29, 1.82) is 0 Å². The summed E-state index contributed by atoms with van der Waals surface area (Å²) in [5.74, 6) is 0. The minimum Gasteiger partial charge on any atom is -0.671 e. The number of likely N-dealkylation sites (tertiary alicyclic amines) is 1. The summed E-state index contributed by atoms with van der Waals surface area (Å²) in [6.45, 7) is 5.30. The molecule has 0 saturated carbocycles. The van der Waals surface area contributed by atoms with E-state index in [0.717, 1.165) is 31.1 Å². The zero-order valence-electron chi connectivity index (χ0n) is 15.3. The van der Waals surface area contributed by atoms with Crippen LogP contribution in [-0.2, 0) is 43.9 Å². The van der Waals surface area contributed by atoms with Crippen LogP contribution in [0, 0.1) is 19.1 Å². The van der Waals surface area contributed by atoms with E-state index >= 15 is 0 Å². The van der Waals surface area contributed by atoms with Crippen molar-refractivity contribution in [3.05, 3.63) is 89.2 Å². The molecular weight excluding hydrogens is 383 g/mol. The Labute approximate surface area is 177 Å². The molecule has 3 heteroatoms. The molecule has 1 heterocycles. The molecule has 0 aromatic heterocycles. The fourth-order valence-corrected chi connectivity index (χ4v) is 3.21. The van der Waals surface area contributed by atoms with Crippen molar-refractivity contribution in [3.8, 4) is 0 Å². The van der Waals surface area contributed by atoms with Crippen LogP contribution in [-0.4, -0.2) is 18.5 Å². The summed E-state index contributed by atoms with van der Waals surface area (Å²) in [4.78, 5) is 2.33. The first-order valence-electron chi connectivity index (χ1n) is 8.64. The van der Waals surface area contributed by atoms with E-state index in [-0.39, 0.29) is 38.8 Å². The number of likely N-dealkylation sites (N-methyl/N-ethyl adjacent to an activating group) is 1. The van der Waals surface area contributed by atoms with E-state index in [1.165, 1.54) is 16.7 Å². The average molecular weight is 408 g/mol. The number of benzene rings is 2. The molecule has 0 bridgehead atoms. The third kappa shape index (κ3) is 5.03. The predicted molar refractivity (Wildman–Crippen MR) is 98.2 cm³/mol. The molecule has 1 fully saturated rings. The van der Waals surface area contributed by atoms with E-state index in [9.17, 15) is 0 Å². The van der Waals surface area contributed by atoms with E-state index in [1.54, 1.807) is 6.26 Å². The predicted octanol–water partition coefficient (Wildman–Crippen LogP) is 4.85. The van der Waals surface area contributed by atoms with Crippen LogP contribution in [0.4, 0.5) is 0 Å². The summed E-state index contributed by atoms with van der Waals surface area (Å²) >= 11 is 0. The molecule has 129 valence electrons. The third-order valence-corrected chi connectivity index (χ3v) is 4.71. The number of nitrogens with zero attached hydrogens (tertiary/aromatic N) is 1. The second kappa shape index (κ2) is 9.66. The standard InChI is InChI=1S/C22H25NO.Y/c1-4-18-11-10-17(2)20(16-18)13-15-24-21-12-14-23(3)22(21)19-8-6-5-7-9-19;/h5-11,15-16,22H,4,12,14H2,1-3H3;/q-2;/t22-;/m0./s1. The molecule has 2 aromatic carbocycles. The molecule has 2 aromatic rings. The average Bonchev–Trinajstić information content (AvgIpc) is 2.98. The first-order chi connectivity index (χ1) is 11.7. The molecule has 1 radical (unpaired) electrons. The molecule has 1 saturated heterocycles.